The molecule has 7 nitrogen and oxygen atoms in total. The van der Waals surface area contributed by atoms with Gasteiger partial charge < -0.3 is 15.0 Å². The Kier molecular flexibility index (Phi) is 4.82. The number of alkyl halides is 1. The normalized spacial score (nSPS) is 28.1. The van der Waals surface area contributed by atoms with Crippen LogP contribution < -0.4 is 15.4 Å². The van der Waals surface area contributed by atoms with E-state index in [0.717, 1.165) is 5.56 Å². The number of ether oxygens (including phenoxy) is 1. The highest BCUT2D eigenvalue weighted by molar-refractivity contribution is 6.05. The number of nitrogens with zero attached hydrogens (tertiary/aromatic N) is 1. The molecule has 1 aromatic carbocycles. The molecule has 0 radical (unpaired) electrons. The average Bonchev–Trinajstić information content (AvgIpc) is 2.96. The number of piperidine rings is 2. The number of nitrogens with one attached hydrogen (secondary N) is 2. The summed E-state index contributed by atoms with van der Waals surface area (Å²) in [5.74, 6) is -0.314. The third-order valence-electron chi connectivity index (χ3n) is 5.38. The number of amides is 3. The highest BCUT2D eigenvalue weighted by Crippen LogP contribution is 2.30. The van der Waals surface area contributed by atoms with Gasteiger partial charge in [0.2, 0.25) is 11.8 Å². The monoisotopic (exact) mass is 375 g/mol. The lowest BCUT2D eigenvalue weighted by Crippen LogP contribution is -2.52. The Bertz CT molecular complexity index is 784. The van der Waals surface area contributed by atoms with E-state index in [2.05, 4.69) is 10.6 Å². The quantitative estimate of drug-likeness (QED) is 0.764. The van der Waals surface area contributed by atoms with Crippen LogP contribution in [0.5, 0.6) is 5.75 Å². The third kappa shape index (κ3) is 3.66. The number of halogens is 1. The molecule has 144 valence electrons. The van der Waals surface area contributed by atoms with Gasteiger partial charge in [-0.1, -0.05) is 0 Å². The summed E-state index contributed by atoms with van der Waals surface area (Å²) in [6.45, 7) is 1.32. The van der Waals surface area contributed by atoms with Gasteiger partial charge in [-0.25, -0.2) is 4.39 Å². The van der Waals surface area contributed by atoms with Gasteiger partial charge in [0.25, 0.3) is 5.91 Å². The van der Waals surface area contributed by atoms with Crippen LogP contribution in [0.4, 0.5) is 4.39 Å². The molecule has 2 N–H and O–H groups in total. The van der Waals surface area contributed by atoms with Crippen molar-refractivity contribution in [1.82, 2.24) is 15.5 Å². The van der Waals surface area contributed by atoms with Crippen molar-refractivity contribution in [1.29, 1.82) is 0 Å². The number of carbonyl (C=O) groups excluding carboxylic acids is 3. The molecule has 0 aromatic heterocycles. The number of hydrogen-bond acceptors (Lipinski definition) is 5. The fraction of sp³-hybridized carbons (Fsp3) is 0.526. The van der Waals surface area contributed by atoms with E-state index in [-0.39, 0.29) is 24.3 Å². The van der Waals surface area contributed by atoms with E-state index in [1.54, 1.807) is 18.2 Å². The molecule has 2 fully saturated rings. The van der Waals surface area contributed by atoms with Crippen LogP contribution in [-0.2, 0) is 16.1 Å². The van der Waals surface area contributed by atoms with E-state index >= 15 is 0 Å². The molecule has 0 aliphatic carbocycles. The van der Waals surface area contributed by atoms with E-state index in [0.29, 0.717) is 50.3 Å². The maximum absolute atomic E-state index is 13.5. The molecule has 0 saturated carbocycles. The van der Waals surface area contributed by atoms with Crippen LogP contribution in [0.15, 0.2) is 18.2 Å². The van der Waals surface area contributed by atoms with Crippen LogP contribution in [0, 0.1) is 0 Å². The lowest BCUT2D eigenvalue weighted by Gasteiger charge is -2.29. The molecule has 27 heavy (non-hydrogen) atoms. The zero-order valence-corrected chi connectivity index (χ0v) is 14.9. The second kappa shape index (κ2) is 7.26. The molecule has 2 saturated heterocycles. The third-order valence-corrected chi connectivity index (χ3v) is 5.38. The maximum atomic E-state index is 13.5. The van der Waals surface area contributed by atoms with Crippen molar-refractivity contribution in [2.45, 2.75) is 50.5 Å². The zero-order valence-electron chi connectivity index (χ0n) is 14.9. The molecule has 3 unspecified atom stereocenters. The molecular weight excluding hydrogens is 353 g/mol. The molecule has 1 aromatic rings. The van der Waals surface area contributed by atoms with E-state index in [1.807, 2.05) is 0 Å². The fourth-order valence-corrected chi connectivity index (χ4v) is 3.92. The predicted octanol–water partition coefficient (Wildman–Crippen LogP) is 0.917. The van der Waals surface area contributed by atoms with Crippen molar-refractivity contribution in [3.8, 4) is 5.75 Å². The SMILES string of the molecule is O=C1CCC(N2Cc3cc(OCC4CC(F)CCN4)ccc3C2=O)C(=O)N1. The first-order valence-corrected chi connectivity index (χ1v) is 9.29. The minimum atomic E-state index is -0.792. The van der Waals surface area contributed by atoms with Crippen molar-refractivity contribution in [2.24, 2.45) is 0 Å². The van der Waals surface area contributed by atoms with Crippen molar-refractivity contribution in [3.05, 3.63) is 29.3 Å². The highest BCUT2D eigenvalue weighted by Gasteiger charge is 2.39. The molecular formula is C19H22FN3O4. The molecule has 3 aliphatic rings. The standard InChI is InChI=1S/C19H22FN3O4/c20-12-5-6-21-13(8-12)10-27-14-1-2-15-11(7-14)9-23(19(15)26)16-3-4-17(24)22-18(16)25/h1-2,7,12-13,16,21H,3-6,8-10H2,(H,22,24,25). The summed E-state index contributed by atoms with van der Waals surface area (Å²) < 4.78 is 19.3. The van der Waals surface area contributed by atoms with E-state index in [4.69, 9.17) is 4.74 Å². The molecule has 4 rings (SSSR count). The summed E-state index contributed by atoms with van der Waals surface area (Å²) >= 11 is 0. The molecule has 3 atom stereocenters. The summed E-state index contributed by atoms with van der Waals surface area (Å²) in [5, 5.41) is 5.53. The average molecular weight is 375 g/mol. The first-order chi connectivity index (χ1) is 13.0. The van der Waals surface area contributed by atoms with Crippen LogP contribution in [0.3, 0.4) is 0 Å². The number of hydrogen-bond donors (Lipinski definition) is 2. The van der Waals surface area contributed by atoms with Crippen molar-refractivity contribution < 1.29 is 23.5 Å². The number of carbonyl (C=O) groups is 3. The number of rotatable bonds is 4. The van der Waals surface area contributed by atoms with E-state index in [1.165, 1.54) is 4.90 Å². The Morgan fingerprint density at radius 1 is 1.22 bits per heavy atom. The van der Waals surface area contributed by atoms with Gasteiger partial charge in [-0.3, -0.25) is 19.7 Å². The minimum absolute atomic E-state index is 0.0244. The van der Waals surface area contributed by atoms with Crippen molar-refractivity contribution >= 4 is 17.7 Å². The Hall–Kier alpha value is -2.48. The van der Waals surface area contributed by atoms with Gasteiger partial charge in [-0.05, 0) is 49.6 Å². The Balaban J connectivity index is 1.41. The maximum Gasteiger partial charge on any atom is 0.255 e. The minimum Gasteiger partial charge on any atom is -0.492 e. The van der Waals surface area contributed by atoms with Gasteiger partial charge in [0, 0.05) is 24.6 Å². The molecule has 3 heterocycles. The van der Waals surface area contributed by atoms with Gasteiger partial charge in [-0.2, -0.15) is 0 Å². The van der Waals surface area contributed by atoms with Crippen LogP contribution in [-0.4, -0.2) is 54.0 Å². The molecule has 3 aliphatic heterocycles. The summed E-state index contributed by atoms with van der Waals surface area (Å²) in [7, 11) is 0. The van der Waals surface area contributed by atoms with Crippen LogP contribution in [0.2, 0.25) is 0 Å². The first-order valence-electron chi connectivity index (χ1n) is 9.29. The second-order valence-corrected chi connectivity index (χ2v) is 7.30. The Morgan fingerprint density at radius 3 is 2.85 bits per heavy atom. The van der Waals surface area contributed by atoms with Gasteiger partial charge in [0.1, 0.15) is 24.6 Å². The second-order valence-electron chi connectivity index (χ2n) is 7.30. The Morgan fingerprint density at radius 2 is 2.07 bits per heavy atom. The number of benzene rings is 1. The highest BCUT2D eigenvalue weighted by atomic mass is 19.1. The largest absolute Gasteiger partial charge is 0.492 e. The van der Waals surface area contributed by atoms with Crippen LogP contribution in [0.1, 0.15) is 41.6 Å². The topological polar surface area (TPSA) is 87.7 Å². The first kappa shape index (κ1) is 17.9. The van der Waals surface area contributed by atoms with Crippen molar-refractivity contribution in [2.75, 3.05) is 13.2 Å². The van der Waals surface area contributed by atoms with Gasteiger partial charge in [0.15, 0.2) is 0 Å². The molecule has 3 amide bonds. The summed E-state index contributed by atoms with van der Waals surface area (Å²) in [4.78, 5) is 37.5. The van der Waals surface area contributed by atoms with Gasteiger partial charge in [-0.15, -0.1) is 0 Å². The summed E-state index contributed by atoms with van der Waals surface area (Å²) in [5.41, 5.74) is 1.34. The molecule has 0 spiro atoms. The van der Waals surface area contributed by atoms with Gasteiger partial charge >= 0.3 is 0 Å². The zero-order chi connectivity index (χ0) is 19.0. The summed E-state index contributed by atoms with van der Waals surface area (Å²) in [6, 6.07) is 4.57. The van der Waals surface area contributed by atoms with Crippen LogP contribution in [0.25, 0.3) is 0 Å². The number of imide groups is 1. The number of fused-ring (bicyclic) bond motifs is 1. The smallest absolute Gasteiger partial charge is 0.255 e. The molecule has 8 heteroatoms. The lowest BCUT2D eigenvalue weighted by molar-refractivity contribution is -0.136. The predicted molar refractivity (Wildman–Crippen MR) is 93.9 cm³/mol. The van der Waals surface area contributed by atoms with Crippen LogP contribution >= 0.6 is 0 Å². The van der Waals surface area contributed by atoms with E-state index in [9.17, 15) is 18.8 Å². The molecule has 0 bridgehead atoms. The lowest BCUT2D eigenvalue weighted by atomic mass is 10.0. The Labute approximate surface area is 156 Å². The summed E-state index contributed by atoms with van der Waals surface area (Å²) in [6.07, 6.45) is 0.750. The fourth-order valence-electron chi connectivity index (χ4n) is 3.92. The van der Waals surface area contributed by atoms with E-state index < -0.39 is 18.1 Å². The van der Waals surface area contributed by atoms with Gasteiger partial charge in [0.05, 0.1) is 0 Å². The van der Waals surface area contributed by atoms with Crippen molar-refractivity contribution in [3.63, 3.8) is 0 Å².